The molecule has 0 bridgehead atoms. The maximum atomic E-state index is 12.1. The Hall–Kier alpha value is -7.78. The average molecular weight is 1010 g/mol. The first-order valence-electron chi connectivity index (χ1n) is 23.1. The highest BCUT2D eigenvalue weighted by atomic mass is 32.1. The summed E-state index contributed by atoms with van der Waals surface area (Å²) < 4.78 is 17.7. The Morgan fingerprint density at radius 2 is 1.17 bits per heavy atom. The van der Waals surface area contributed by atoms with E-state index in [-0.39, 0.29) is 5.56 Å². The SMILES string of the molecule is CCc1nc(-c2cccc(C)n2)c(Oc2ccnc(Nc3ccc(C(=O)O)c(CCN(C)C)n3)c2)s1.CCc1nc(-c2cccc(C)n2)c(Oc2ccnc(Nc3ccc(C(=O)OCCN(C)C)cn3)c2)s1. The van der Waals surface area contributed by atoms with Crippen LogP contribution in [0.2, 0.25) is 0 Å². The Morgan fingerprint density at radius 1 is 0.625 bits per heavy atom. The van der Waals surface area contributed by atoms with E-state index in [2.05, 4.69) is 54.4 Å². The number of thiazole rings is 2. The van der Waals surface area contributed by atoms with Crippen LogP contribution in [0.25, 0.3) is 22.8 Å². The van der Waals surface area contributed by atoms with Gasteiger partial charge >= 0.3 is 11.9 Å². The number of nitrogens with one attached hydrogen (secondary N) is 2. The van der Waals surface area contributed by atoms with Crippen molar-refractivity contribution in [2.45, 2.75) is 47.0 Å². The third-order valence-corrected chi connectivity index (χ3v) is 12.5. The fourth-order valence-electron chi connectivity index (χ4n) is 6.65. The molecular formula is C52H56N12O6S2. The molecule has 0 aliphatic rings. The van der Waals surface area contributed by atoms with Crippen LogP contribution in [-0.2, 0) is 24.0 Å². The summed E-state index contributed by atoms with van der Waals surface area (Å²) in [5, 5.41) is 19.1. The number of carboxylic acids is 1. The van der Waals surface area contributed by atoms with Gasteiger partial charge < -0.3 is 39.8 Å². The second-order valence-electron chi connectivity index (χ2n) is 16.7. The Morgan fingerprint density at radius 3 is 1.65 bits per heavy atom. The number of carbonyl (C=O) groups excluding carboxylic acids is 1. The van der Waals surface area contributed by atoms with Crippen molar-refractivity contribution < 1.29 is 28.9 Å². The van der Waals surface area contributed by atoms with Crippen molar-refractivity contribution >= 4 is 57.9 Å². The quantitative estimate of drug-likeness (QED) is 0.0605. The summed E-state index contributed by atoms with van der Waals surface area (Å²) in [4.78, 5) is 63.9. The van der Waals surface area contributed by atoms with E-state index >= 15 is 0 Å². The van der Waals surface area contributed by atoms with E-state index in [0.29, 0.717) is 88.0 Å². The van der Waals surface area contributed by atoms with Gasteiger partial charge in [-0.05, 0) is 116 Å². The summed E-state index contributed by atoms with van der Waals surface area (Å²) in [6.45, 7) is 9.68. The van der Waals surface area contributed by atoms with Gasteiger partial charge in [-0.3, -0.25) is 9.97 Å². The number of carboxylic acid groups (broad SMARTS) is 1. The third-order valence-electron chi connectivity index (χ3n) is 10.3. The lowest BCUT2D eigenvalue weighted by Crippen LogP contribution is -2.20. The molecule has 0 saturated heterocycles. The number of pyridine rings is 6. The summed E-state index contributed by atoms with van der Waals surface area (Å²) in [7, 11) is 7.71. The van der Waals surface area contributed by atoms with Gasteiger partial charge in [0.05, 0.1) is 38.2 Å². The highest BCUT2D eigenvalue weighted by Gasteiger charge is 2.19. The summed E-state index contributed by atoms with van der Waals surface area (Å²) in [6, 6.07) is 25.3. The van der Waals surface area contributed by atoms with Crippen LogP contribution in [0.3, 0.4) is 0 Å². The van der Waals surface area contributed by atoms with E-state index in [1.165, 1.54) is 28.9 Å². The minimum absolute atomic E-state index is 0.196. The number of hydrogen-bond donors (Lipinski definition) is 3. The van der Waals surface area contributed by atoms with E-state index in [1.807, 2.05) is 88.2 Å². The van der Waals surface area contributed by atoms with Gasteiger partial charge in [-0.1, -0.05) is 48.7 Å². The molecular weight excluding hydrogens is 953 g/mol. The highest BCUT2D eigenvalue weighted by molar-refractivity contribution is 7.14. The summed E-state index contributed by atoms with van der Waals surface area (Å²) in [5.41, 5.74) is 5.90. The summed E-state index contributed by atoms with van der Waals surface area (Å²) in [5.74, 6) is 1.92. The number of esters is 1. The molecule has 20 heteroatoms. The van der Waals surface area contributed by atoms with E-state index < -0.39 is 11.9 Å². The number of anilines is 4. The van der Waals surface area contributed by atoms with Crippen molar-refractivity contribution in [1.82, 2.24) is 49.7 Å². The largest absolute Gasteiger partial charge is 0.478 e. The normalized spacial score (nSPS) is 11.0. The Balaban J connectivity index is 0.000000211. The number of aromatic nitrogens is 8. The lowest BCUT2D eigenvalue weighted by molar-refractivity contribution is 0.0481. The molecule has 0 aliphatic heterocycles. The van der Waals surface area contributed by atoms with Gasteiger partial charge in [0.2, 0.25) is 10.1 Å². The van der Waals surface area contributed by atoms with Gasteiger partial charge in [-0.25, -0.2) is 39.5 Å². The molecule has 3 N–H and O–H groups in total. The molecule has 8 heterocycles. The lowest BCUT2D eigenvalue weighted by atomic mass is 10.1. The second-order valence-corrected chi connectivity index (χ2v) is 18.7. The van der Waals surface area contributed by atoms with Crippen molar-refractivity contribution in [3.8, 4) is 44.4 Å². The molecule has 18 nitrogen and oxygen atoms in total. The number of ether oxygens (including phenoxy) is 3. The zero-order chi connectivity index (χ0) is 51.1. The third kappa shape index (κ3) is 14.6. The predicted molar refractivity (Wildman–Crippen MR) is 281 cm³/mol. The van der Waals surface area contributed by atoms with E-state index in [4.69, 9.17) is 24.2 Å². The first-order chi connectivity index (χ1) is 34.7. The molecule has 0 atom stereocenters. The maximum Gasteiger partial charge on any atom is 0.339 e. The van der Waals surface area contributed by atoms with Crippen LogP contribution in [0.15, 0.2) is 104 Å². The number of nitrogens with zero attached hydrogens (tertiary/aromatic N) is 10. The number of rotatable bonds is 20. The molecule has 0 fully saturated rings. The maximum absolute atomic E-state index is 12.1. The monoisotopic (exact) mass is 1010 g/mol. The van der Waals surface area contributed by atoms with Crippen LogP contribution >= 0.6 is 22.7 Å². The van der Waals surface area contributed by atoms with Crippen LogP contribution in [-0.4, -0.2) is 115 Å². The summed E-state index contributed by atoms with van der Waals surface area (Å²) in [6.07, 6.45) is 6.89. The number of carbonyl (C=O) groups is 2. The Bertz CT molecular complexity index is 3110. The fraction of sp³-hybridized carbons (Fsp3) is 0.269. The minimum Gasteiger partial charge on any atom is -0.478 e. The molecule has 0 amide bonds. The first-order valence-corrected chi connectivity index (χ1v) is 24.7. The highest BCUT2D eigenvalue weighted by Crippen LogP contribution is 2.40. The van der Waals surface area contributed by atoms with Gasteiger partial charge in [0.1, 0.15) is 52.8 Å². The zero-order valence-corrected chi connectivity index (χ0v) is 43.0. The lowest BCUT2D eigenvalue weighted by Gasteiger charge is -2.13. The number of likely N-dealkylation sites (N-methyl/N-ethyl adjacent to an activating group) is 2. The standard InChI is InChI=1S/2C26H28N6O3S/c1-5-23-31-24(20-8-6-7-16(2)28-20)26(36-23)35-17-11-13-27-22(15-17)30-21-10-9-18(25(33)34)19(29-21)12-14-32(3)4;1-5-23-31-24(20-8-6-7-17(2)29-20)26(36-23)35-19-11-12-27-22(15-19)30-21-10-9-18(16-28-21)25(33)34-14-13-32(3)4/h6-11,13,15H,5,12,14H2,1-4H3,(H,33,34)(H,27,29,30);6-12,15-16H,5,13-14H2,1-4H3,(H,27,28,30). The van der Waals surface area contributed by atoms with Gasteiger partial charge in [0.15, 0.2) is 0 Å². The first kappa shape index (κ1) is 52.1. The van der Waals surface area contributed by atoms with Gasteiger partial charge in [-0.2, -0.15) is 0 Å². The molecule has 0 spiro atoms. The number of aryl methyl sites for hydroxylation is 4. The fourth-order valence-corrected chi connectivity index (χ4v) is 8.41. The molecule has 0 radical (unpaired) electrons. The van der Waals surface area contributed by atoms with Crippen molar-refractivity contribution in [2.24, 2.45) is 0 Å². The van der Waals surface area contributed by atoms with Crippen LogP contribution in [0.4, 0.5) is 23.3 Å². The Labute approximate surface area is 426 Å². The van der Waals surface area contributed by atoms with Crippen molar-refractivity contribution in [1.29, 1.82) is 0 Å². The van der Waals surface area contributed by atoms with Crippen LogP contribution in [0.1, 0.15) is 61.7 Å². The molecule has 0 saturated carbocycles. The van der Waals surface area contributed by atoms with E-state index in [9.17, 15) is 14.7 Å². The van der Waals surface area contributed by atoms with Gasteiger partial charge in [0, 0.05) is 61.6 Å². The van der Waals surface area contributed by atoms with Gasteiger partial charge in [0.25, 0.3) is 0 Å². The molecule has 0 aliphatic carbocycles. The van der Waals surface area contributed by atoms with Crippen molar-refractivity contribution in [3.05, 3.63) is 142 Å². The van der Waals surface area contributed by atoms with Crippen LogP contribution < -0.4 is 20.1 Å². The predicted octanol–water partition coefficient (Wildman–Crippen LogP) is 10.3. The van der Waals surface area contributed by atoms with Crippen molar-refractivity contribution in [2.75, 3.05) is 58.5 Å². The second kappa shape index (κ2) is 24.9. The molecule has 72 heavy (non-hydrogen) atoms. The number of aromatic carboxylic acids is 1. The molecule has 0 unspecified atom stereocenters. The average Bonchev–Trinajstić information content (AvgIpc) is 3.97. The van der Waals surface area contributed by atoms with E-state index in [1.54, 1.807) is 60.9 Å². The molecule has 0 aromatic carbocycles. The molecule has 372 valence electrons. The van der Waals surface area contributed by atoms with E-state index in [0.717, 1.165) is 51.3 Å². The summed E-state index contributed by atoms with van der Waals surface area (Å²) >= 11 is 3.00. The molecule has 8 aromatic heterocycles. The molecule has 8 rings (SSSR count). The van der Waals surface area contributed by atoms with Crippen molar-refractivity contribution in [3.63, 3.8) is 0 Å². The minimum atomic E-state index is -0.994. The van der Waals surface area contributed by atoms with Gasteiger partial charge in [-0.15, -0.1) is 0 Å². The van der Waals surface area contributed by atoms with Crippen LogP contribution in [0, 0.1) is 13.8 Å². The Kier molecular flexibility index (Phi) is 18.0. The van der Waals surface area contributed by atoms with Crippen LogP contribution in [0.5, 0.6) is 21.6 Å². The number of hydrogen-bond acceptors (Lipinski definition) is 19. The zero-order valence-electron chi connectivity index (χ0n) is 41.3. The molecule has 8 aromatic rings. The smallest absolute Gasteiger partial charge is 0.339 e. The topological polar surface area (TPSA) is 216 Å².